The van der Waals surface area contributed by atoms with Crippen molar-refractivity contribution in [1.82, 2.24) is 15.0 Å². The molecule has 0 unspecified atom stereocenters. The highest BCUT2D eigenvalue weighted by Gasteiger charge is 2.20. The van der Waals surface area contributed by atoms with Gasteiger partial charge in [0.15, 0.2) is 5.75 Å². The summed E-state index contributed by atoms with van der Waals surface area (Å²) in [5, 5.41) is 0.866. The first-order chi connectivity index (χ1) is 9.02. The van der Waals surface area contributed by atoms with Crippen LogP contribution in [0.2, 0.25) is 0 Å². The molecule has 2 aromatic rings. The number of rotatable bonds is 3. The zero-order chi connectivity index (χ0) is 14.0. The van der Waals surface area contributed by atoms with E-state index >= 15 is 0 Å². The maximum absolute atomic E-state index is 12.3. The largest absolute Gasteiger partial charge is 0.494 e. The van der Waals surface area contributed by atoms with Crippen molar-refractivity contribution >= 4 is 23.2 Å². The molecule has 100 valence electrons. The summed E-state index contributed by atoms with van der Waals surface area (Å²) in [6, 6.07) is 0. The third-order valence-electron chi connectivity index (χ3n) is 2.55. The number of hydrogen-bond acceptors (Lipinski definition) is 6. The van der Waals surface area contributed by atoms with Crippen LogP contribution < -0.4 is 9.64 Å². The van der Waals surface area contributed by atoms with Gasteiger partial charge in [-0.1, -0.05) is 0 Å². The minimum Gasteiger partial charge on any atom is -0.494 e. The molecule has 1 amide bonds. The van der Waals surface area contributed by atoms with Crippen molar-refractivity contribution in [3.63, 3.8) is 0 Å². The highest BCUT2D eigenvalue weighted by atomic mass is 32.1. The molecule has 2 heterocycles. The molecule has 0 atom stereocenters. The van der Waals surface area contributed by atoms with Gasteiger partial charge in [-0.05, 0) is 13.8 Å². The molecule has 0 bridgehead atoms. The molecule has 6 nitrogen and oxygen atoms in total. The van der Waals surface area contributed by atoms with Crippen LogP contribution in [0.1, 0.15) is 20.4 Å². The Hall–Kier alpha value is -2.02. The van der Waals surface area contributed by atoms with E-state index in [0.717, 1.165) is 10.7 Å². The number of anilines is 1. The van der Waals surface area contributed by atoms with Crippen molar-refractivity contribution in [2.45, 2.75) is 13.8 Å². The van der Waals surface area contributed by atoms with Crippen LogP contribution in [0.5, 0.6) is 5.75 Å². The Morgan fingerprint density at radius 1 is 1.32 bits per heavy atom. The van der Waals surface area contributed by atoms with E-state index in [1.807, 2.05) is 13.8 Å². The van der Waals surface area contributed by atoms with Gasteiger partial charge in [-0.3, -0.25) is 9.69 Å². The van der Waals surface area contributed by atoms with E-state index in [0.29, 0.717) is 16.6 Å². The zero-order valence-corrected chi connectivity index (χ0v) is 12.0. The summed E-state index contributed by atoms with van der Waals surface area (Å²) in [5.41, 5.74) is 0.730. The molecule has 0 aliphatic rings. The van der Waals surface area contributed by atoms with Crippen LogP contribution >= 0.6 is 11.3 Å². The number of hydrogen-bond donors (Lipinski definition) is 0. The van der Waals surface area contributed by atoms with E-state index in [9.17, 15) is 4.79 Å². The predicted octanol–water partition coefficient (Wildman–Crippen LogP) is 1.84. The van der Waals surface area contributed by atoms with Gasteiger partial charge < -0.3 is 4.74 Å². The van der Waals surface area contributed by atoms with Crippen LogP contribution in [-0.2, 0) is 0 Å². The molecule has 7 heteroatoms. The van der Waals surface area contributed by atoms with Crippen LogP contribution in [0.3, 0.4) is 0 Å². The Balaban J connectivity index is 2.25. The molecule has 0 aliphatic heterocycles. The van der Waals surface area contributed by atoms with Gasteiger partial charge in [0.1, 0.15) is 4.88 Å². The van der Waals surface area contributed by atoms with Crippen molar-refractivity contribution in [1.29, 1.82) is 0 Å². The molecule has 0 saturated heterocycles. The number of thiazole rings is 1. The Kier molecular flexibility index (Phi) is 3.75. The number of carbonyl (C=O) groups is 1. The second kappa shape index (κ2) is 5.31. The van der Waals surface area contributed by atoms with E-state index in [4.69, 9.17) is 4.74 Å². The third-order valence-corrected chi connectivity index (χ3v) is 3.61. The summed E-state index contributed by atoms with van der Waals surface area (Å²) in [4.78, 5) is 26.7. The molecule has 0 fully saturated rings. The molecule has 2 aromatic heterocycles. The van der Waals surface area contributed by atoms with Gasteiger partial charge in [-0.2, -0.15) is 0 Å². The van der Waals surface area contributed by atoms with Gasteiger partial charge in [0, 0.05) is 7.05 Å². The van der Waals surface area contributed by atoms with Gasteiger partial charge in [0.05, 0.1) is 30.2 Å². The third kappa shape index (κ3) is 2.70. The lowest BCUT2D eigenvalue weighted by Gasteiger charge is -2.14. The molecule has 0 aliphatic carbocycles. The average molecular weight is 278 g/mol. The second-order valence-electron chi connectivity index (χ2n) is 3.93. The van der Waals surface area contributed by atoms with Gasteiger partial charge in [-0.15, -0.1) is 11.3 Å². The van der Waals surface area contributed by atoms with E-state index in [2.05, 4.69) is 15.0 Å². The lowest BCUT2D eigenvalue weighted by molar-refractivity contribution is 0.0994. The van der Waals surface area contributed by atoms with Crippen LogP contribution in [0, 0.1) is 13.8 Å². The lowest BCUT2D eigenvalue weighted by Crippen LogP contribution is -2.27. The van der Waals surface area contributed by atoms with Crippen molar-refractivity contribution in [2.75, 3.05) is 19.1 Å². The Bertz CT molecular complexity index is 594. The standard InChI is InChI=1S/C12H14N4O2S/c1-7-10(19-8(2)15-7)11(17)16(3)12-13-5-9(18-4)6-14-12/h5-6H,1-4H3. The minimum absolute atomic E-state index is 0.159. The molecular weight excluding hydrogens is 264 g/mol. The number of ether oxygens (including phenoxy) is 1. The fourth-order valence-electron chi connectivity index (χ4n) is 1.56. The van der Waals surface area contributed by atoms with E-state index in [-0.39, 0.29) is 5.91 Å². The molecular formula is C12H14N4O2S. The zero-order valence-electron chi connectivity index (χ0n) is 11.2. The van der Waals surface area contributed by atoms with Crippen molar-refractivity contribution < 1.29 is 9.53 Å². The van der Waals surface area contributed by atoms with Crippen molar-refractivity contribution in [3.05, 3.63) is 28.0 Å². The summed E-state index contributed by atoms with van der Waals surface area (Å²) < 4.78 is 4.98. The summed E-state index contributed by atoms with van der Waals surface area (Å²) in [6.45, 7) is 3.69. The molecule has 2 rings (SSSR count). The van der Waals surface area contributed by atoms with Crippen molar-refractivity contribution in [2.24, 2.45) is 0 Å². The van der Waals surface area contributed by atoms with Crippen LogP contribution in [0.15, 0.2) is 12.4 Å². The van der Waals surface area contributed by atoms with Crippen LogP contribution in [0.4, 0.5) is 5.95 Å². The van der Waals surface area contributed by atoms with Crippen molar-refractivity contribution in [3.8, 4) is 5.75 Å². The SMILES string of the molecule is COc1cnc(N(C)C(=O)c2sc(C)nc2C)nc1. The van der Waals surface area contributed by atoms with Gasteiger partial charge in [0.25, 0.3) is 5.91 Å². The number of methoxy groups -OCH3 is 1. The summed E-state index contributed by atoms with van der Waals surface area (Å²) >= 11 is 1.37. The Labute approximate surface area is 115 Å². The van der Waals surface area contributed by atoms with E-state index in [1.54, 1.807) is 7.05 Å². The average Bonchev–Trinajstić information content (AvgIpc) is 2.76. The number of aromatic nitrogens is 3. The van der Waals surface area contributed by atoms with Gasteiger partial charge in [0.2, 0.25) is 5.95 Å². The lowest BCUT2D eigenvalue weighted by atomic mass is 10.3. The molecule has 0 spiro atoms. The summed E-state index contributed by atoms with van der Waals surface area (Å²) in [5.74, 6) is 0.721. The first kappa shape index (κ1) is 13.4. The molecule has 0 saturated carbocycles. The van der Waals surface area contributed by atoms with Crippen LogP contribution in [0.25, 0.3) is 0 Å². The molecule has 19 heavy (non-hydrogen) atoms. The minimum atomic E-state index is -0.159. The highest BCUT2D eigenvalue weighted by Crippen LogP contribution is 2.20. The fraction of sp³-hybridized carbons (Fsp3) is 0.333. The fourth-order valence-corrected chi connectivity index (χ4v) is 2.46. The first-order valence-corrected chi connectivity index (χ1v) is 6.42. The smallest absolute Gasteiger partial charge is 0.272 e. The Morgan fingerprint density at radius 2 is 1.95 bits per heavy atom. The topological polar surface area (TPSA) is 68.2 Å². The normalized spacial score (nSPS) is 10.3. The Morgan fingerprint density at radius 3 is 2.42 bits per heavy atom. The first-order valence-electron chi connectivity index (χ1n) is 5.61. The quantitative estimate of drug-likeness (QED) is 0.857. The maximum Gasteiger partial charge on any atom is 0.272 e. The van der Waals surface area contributed by atoms with E-state index < -0.39 is 0 Å². The number of nitrogens with zero attached hydrogens (tertiary/aromatic N) is 4. The molecule has 0 radical (unpaired) electrons. The molecule has 0 N–H and O–H groups in total. The van der Waals surface area contributed by atoms with Crippen LogP contribution in [-0.4, -0.2) is 35.0 Å². The van der Waals surface area contributed by atoms with Gasteiger partial charge in [-0.25, -0.2) is 15.0 Å². The number of carbonyl (C=O) groups excluding carboxylic acids is 1. The number of amides is 1. The molecule has 0 aromatic carbocycles. The summed E-state index contributed by atoms with van der Waals surface area (Å²) in [7, 11) is 3.18. The van der Waals surface area contributed by atoms with E-state index in [1.165, 1.54) is 35.7 Å². The maximum atomic E-state index is 12.3. The summed E-state index contributed by atoms with van der Waals surface area (Å²) in [6.07, 6.45) is 3.05. The van der Waals surface area contributed by atoms with Gasteiger partial charge >= 0.3 is 0 Å². The monoisotopic (exact) mass is 278 g/mol. The number of aryl methyl sites for hydroxylation is 2. The highest BCUT2D eigenvalue weighted by molar-refractivity contribution is 7.13. The second-order valence-corrected chi connectivity index (χ2v) is 5.14. The predicted molar refractivity (Wildman–Crippen MR) is 72.9 cm³/mol.